The summed E-state index contributed by atoms with van der Waals surface area (Å²) in [6.45, 7) is 1.77. The Bertz CT molecular complexity index is 1990. The van der Waals surface area contributed by atoms with Crippen molar-refractivity contribution < 1.29 is 25.9 Å². The van der Waals surface area contributed by atoms with Crippen molar-refractivity contribution in [3.8, 4) is 0 Å². The van der Waals surface area contributed by atoms with Crippen molar-refractivity contribution >= 4 is 64.5 Å². The molecule has 0 spiro atoms. The smallest absolute Gasteiger partial charge is 0.295 e. The van der Waals surface area contributed by atoms with E-state index < -0.39 is 20.2 Å². The molecule has 12 heteroatoms. The molecule has 0 aliphatic rings. The van der Waals surface area contributed by atoms with Crippen molar-refractivity contribution in [1.29, 1.82) is 0 Å². The fourth-order valence-corrected chi connectivity index (χ4v) is 5.60. The predicted octanol–water partition coefficient (Wildman–Crippen LogP) is 6.65. The first kappa shape index (κ1) is 26.3. The molecule has 0 amide bonds. The lowest BCUT2D eigenvalue weighted by Gasteiger charge is -2.16. The monoisotopic (exact) mass is 562 g/mol. The van der Waals surface area contributed by atoms with Crippen molar-refractivity contribution in [2.45, 2.75) is 16.7 Å². The summed E-state index contributed by atoms with van der Waals surface area (Å²) < 4.78 is 65.7. The van der Waals surface area contributed by atoms with Crippen LogP contribution < -0.4 is 10.9 Å². The van der Waals surface area contributed by atoms with Gasteiger partial charge in [-0.25, -0.2) is 0 Å². The van der Waals surface area contributed by atoms with E-state index in [0.29, 0.717) is 33.4 Å². The Labute approximate surface area is 224 Å². The molecule has 0 aliphatic carbocycles. The number of hydrogen-bond acceptors (Lipinski definition) is 8. The van der Waals surface area contributed by atoms with Gasteiger partial charge < -0.3 is 10.9 Å². The number of hydrazine groups is 1. The molecule has 10 nitrogen and oxygen atoms in total. The summed E-state index contributed by atoms with van der Waals surface area (Å²) in [5, 5.41) is 11.0. The molecule has 4 N–H and O–H groups in total. The third kappa shape index (κ3) is 5.45. The van der Waals surface area contributed by atoms with E-state index in [1.54, 1.807) is 43.3 Å². The molecular formula is C27H22N4O6S2. The Morgan fingerprint density at radius 3 is 2.00 bits per heavy atom. The molecule has 0 bridgehead atoms. The third-order valence-electron chi connectivity index (χ3n) is 6.11. The van der Waals surface area contributed by atoms with Crippen LogP contribution in [0.25, 0.3) is 21.5 Å². The van der Waals surface area contributed by atoms with E-state index in [-0.39, 0.29) is 15.5 Å². The lowest BCUT2D eigenvalue weighted by atomic mass is 10.0. The van der Waals surface area contributed by atoms with E-state index in [9.17, 15) is 25.9 Å². The van der Waals surface area contributed by atoms with Crippen LogP contribution in [0.4, 0.5) is 22.7 Å². The molecule has 0 saturated carbocycles. The summed E-state index contributed by atoms with van der Waals surface area (Å²) in [4.78, 5) is -0.440. The van der Waals surface area contributed by atoms with Crippen molar-refractivity contribution in [2.24, 2.45) is 10.2 Å². The van der Waals surface area contributed by atoms with Gasteiger partial charge in [-0.2, -0.15) is 21.9 Å². The molecule has 0 fully saturated rings. The van der Waals surface area contributed by atoms with Crippen LogP contribution in [0.15, 0.2) is 111 Å². The van der Waals surface area contributed by atoms with Gasteiger partial charge in [0, 0.05) is 21.5 Å². The number of anilines is 2. The molecule has 0 unspecified atom stereocenters. The highest BCUT2D eigenvalue weighted by Crippen LogP contribution is 2.35. The normalized spacial score (nSPS) is 12.3. The molecule has 0 heterocycles. The zero-order valence-electron chi connectivity index (χ0n) is 20.4. The van der Waals surface area contributed by atoms with Gasteiger partial charge in [-0.15, -0.1) is 5.11 Å². The van der Waals surface area contributed by atoms with Gasteiger partial charge in [0.1, 0.15) is 4.90 Å². The maximum absolute atomic E-state index is 11.9. The van der Waals surface area contributed by atoms with Crippen LogP contribution in [0.3, 0.4) is 0 Å². The lowest BCUT2D eigenvalue weighted by Crippen LogP contribution is -2.10. The highest BCUT2D eigenvalue weighted by atomic mass is 32.2. The second-order valence-electron chi connectivity index (χ2n) is 8.68. The van der Waals surface area contributed by atoms with Gasteiger partial charge in [-0.05, 0) is 55.0 Å². The summed E-state index contributed by atoms with van der Waals surface area (Å²) in [7, 11) is -8.78. The minimum absolute atomic E-state index is 0.163. The highest BCUT2D eigenvalue weighted by Gasteiger charge is 2.17. The average Bonchev–Trinajstić information content (AvgIpc) is 2.91. The van der Waals surface area contributed by atoms with Crippen molar-refractivity contribution in [3.63, 3.8) is 0 Å². The number of aryl methyl sites for hydroxylation is 1. The van der Waals surface area contributed by atoms with Gasteiger partial charge in [0.05, 0.1) is 27.6 Å². The maximum atomic E-state index is 11.9. The number of hydrogen-bond donors (Lipinski definition) is 4. The Hall–Kier alpha value is -4.36. The Balaban J connectivity index is 1.48. The molecule has 5 aromatic carbocycles. The molecule has 39 heavy (non-hydrogen) atoms. The van der Waals surface area contributed by atoms with E-state index in [1.165, 1.54) is 24.3 Å². The van der Waals surface area contributed by atoms with Crippen LogP contribution in [-0.4, -0.2) is 25.9 Å². The average molecular weight is 563 g/mol. The first-order valence-electron chi connectivity index (χ1n) is 11.6. The van der Waals surface area contributed by atoms with Gasteiger partial charge in [0.2, 0.25) is 0 Å². The number of benzene rings is 5. The van der Waals surface area contributed by atoms with Crippen LogP contribution in [0.2, 0.25) is 0 Å². The number of nitrogens with one attached hydrogen (secondary N) is 2. The second-order valence-corrected chi connectivity index (χ2v) is 11.5. The molecule has 0 radical (unpaired) electrons. The van der Waals surface area contributed by atoms with Crippen molar-refractivity contribution in [3.05, 3.63) is 96.6 Å². The maximum Gasteiger partial charge on any atom is 0.295 e. The molecule has 0 saturated heterocycles. The molecule has 198 valence electrons. The van der Waals surface area contributed by atoms with Gasteiger partial charge >= 0.3 is 0 Å². The molecule has 0 aromatic heterocycles. The molecular weight excluding hydrogens is 540 g/mol. The fraction of sp³-hybridized carbons (Fsp3) is 0.0370. The molecule has 5 aromatic rings. The molecule has 0 atom stereocenters. The van der Waals surface area contributed by atoms with Gasteiger partial charge in [-0.3, -0.25) is 9.11 Å². The quantitative estimate of drug-likeness (QED) is 0.0975. The minimum atomic E-state index is -4.41. The standard InChI is InChI=1S/C27H22N4O6S2/c1-17-12-13-25(22-10-5-11-26(27(17)22)39(35,36)37)31-30-24-15-14-23(20-8-2-3-9-21(20)24)29-28-18-6-4-7-19(16-18)38(32,33)34/h2-16,30-31H,1H3,(H,32,33,34)(H,35,36,37)/b29-28+. The fourth-order valence-electron chi connectivity index (χ4n) is 4.30. The summed E-state index contributed by atoms with van der Waals surface area (Å²) >= 11 is 0. The van der Waals surface area contributed by atoms with Crippen molar-refractivity contribution in [1.82, 2.24) is 0 Å². The number of rotatable bonds is 7. The number of azo groups is 1. The largest absolute Gasteiger partial charge is 0.300 e. The van der Waals surface area contributed by atoms with Crippen LogP contribution in [0, 0.1) is 6.92 Å². The first-order valence-corrected chi connectivity index (χ1v) is 14.4. The Morgan fingerprint density at radius 2 is 1.28 bits per heavy atom. The minimum Gasteiger partial charge on any atom is -0.300 e. The first-order chi connectivity index (χ1) is 18.5. The molecule has 5 rings (SSSR count). The SMILES string of the molecule is Cc1ccc(NNc2ccc(/N=N/c3cccc(S(=O)(=O)O)c3)c3ccccc23)c2cccc(S(=O)(=O)O)c12. The number of fused-ring (bicyclic) bond motifs is 2. The van der Waals surface area contributed by atoms with Crippen LogP contribution >= 0.6 is 0 Å². The van der Waals surface area contributed by atoms with Gasteiger partial charge in [-0.1, -0.05) is 48.5 Å². The second kappa shape index (κ2) is 10.1. The Morgan fingerprint density at radius 1 is 0.641 bits per heavy atom. The summed E-state index contributed by atoms with van der Waals surface area (Å²) in [6.07, 6.45) is 0. The number of nitrogens with zero attached hydrogens (tertiary/aromatic N) is 2. The zero-order chi connectivity index (χ0) is 27.8. The van der Waals surface area contributed by atoms with E-state index in [1.807, 2.05) is 30.3 Å². The van der Waals surface area contributed by atoms with Gasteiger partial charge in [0.15, 0.2) is 0 Å². The summed E-state index contributed by atoms with van der Waals surface area (Å²) in [5.41, 5.74) is 9.11. The topological polar surface area (TPSA) is 158 Å². The van der Waals surface area contributed by atoms with E-state index in [0.717, 1.165) is 10.8 Å². The van der Waals surface area contributed by atoms with Crippen molar-refractivity contribution in [2.75, 3.05) is 10.9 Å². The predicted molar refractivity (Wildman–Crippen MR) is 150 cm³/mol. The van der Waals surface area contributed by atoms with Crippen LogP contribution in [0.1, 0.15) is 5.56 Å². The lowest BCUT2D eigenvalue weighted by molar-refractivity contribution is 0.481. The summed E-state index contributed by atoms with van der Waals surface area (Å²) in [6, 6.07) is 24.8. The highest BCUT2D eigenvalue weighted by molar-refractivity contribution is 7.86. The van der Waals surface area contributed by atoms with Gasteiger partial charge in [0.25, 0.3) is 20.2 Å². The summed E-state index contributed by atoms with van der Waals surface area (Å²) in [5.74, 6) is 0. The van der Waals surface area contributed by atoms with Crippen LogP contribution in [-0.2, 0) is 20.2 Å². The molecule has 0 aliphatic heterocycles. The van der Waals surface area contributed by atoms with E-state index in [4.69, 9.17) is 0 Å². The zero-order valence-corrected chi connectivity index (χ0v) is 22.0. The van der Waals surface area contributed by atoms with E-state index >= 15 is 0 Å². The van der Waals surface area contributed by atoms with Crippen LogP contribution in [0.5, 0.6) is 0 Å². The third-order valence-corrected chi connectivity index (χ3v) is 7.86. The van der Waals surface area contributed by atoms with E-state index in [2.05, 4.69) is 21.1 Å². The Kier molecular flexibility index (Phi) is 6.78.